The number of carbonyl (C=O) groups is 2. The van der Waals surface area contributed by atoms with Crippen molar-refractivity contribution in [1.29, 1.82) is 0 Å². The summed E-state index contributed by atoms with van der Waals surface area (Å²) in [7, 11) is 3.16. The first-order valence-electron chi connectivity index (χ1n) is 10.0. The minimum absolute atomic E-state index is 0.00791. The monoisotopic (exact) mass is 455 g/mol. The molecule has 0 aliphatic carbocycles. The highest BCUT2D eigenvalue weighted by Gasteiger charge is 2.24. The minimum atomic E-state index is -0.708. The predicted octanol–water partition coefficient (Wildman–Crippen LogP) is 4.36. The number of amides is 1. The van der Waals surface area contributed by atoms with E-state index in [9.17, 15) is 9.59 Å². The molecule has 0 fully saturated rings. The van der Waals surface area contributed by atoms with E-state index < -0.39 is 5.97 Å². The second kappa shape index (κ2) is 9.36. The van der Waals surface area contributed by atoms with Crippen molar-refractivity contribution in [3.63, 3.8) is 0 Å². The summed E-state index contributed by atoms with van der Waals surface area (Å²) in [5.74, 6) is 0.741. The molecule has 1 aromatic heterocycles. The highest BCUT2D eigenvalue weighted by Crippen LogP contribution is 2.33. The van der Waals surface area contributed by atoms with Crippen LogP contribution in [0.5, 0.6) is 11.5 Å². The summed E-state index contributed by atoms with van der Waals surface area (Å²) in [6.07, 6.45) is 0.675. The van der Waals surface area contributed by atoms with Crippen LogP contribution in [0.15, 0.2) is 52.9 Å². The highest BCUT2D eigenvalue weighted by atomic mass is 35.5. The molecule has 3 aromatic rings. The Kier molecular flexibility index (Phi) is 6.37. The second-order valence-corrected chi connectivity index (χ2v) is 7.67. The van der Waals surface area contributed by atoms with Crippen LogP contribution in [0.25, 0.3) is 11.3 Å². The zero-order valence-electron chi connectivity index (χ0n) is 17.7. The SMILES string of the molecule is COc1cc2c(cc1OC)CN(C(=O)COC(=O)c1ccc(-c3ccccc3Cl)o1)CC2. The smallest absolute Gasteiger partial charge is 0.374 e. The third-order valence-electron chi connectivity index (χ3n) is 5.34. The lowest BCUT2D eigenvalue weighted by molar-refractivity contribution is -0.135. The van der Waals surface area contributed by atoms with Gasteiger partial charge in [0.25, 0.3) is 5.91 Å². The van der Waals surface area contributed by atoms with E-state index >= 15 is 0 Å². The van der Waals surface area contributed by atoms with E-state index in [1.54, 1.807) is 43.4 Å². The molecule has 1 amide bonds. The molecular formula is C24H22ClNO6. The molecule has 0 unspecified atom stereocenters. The number of fused-ring (bicyclic) bond motifs is 1. The average Bonchev–Trinajstić information content (AvgIpc) is 3.31. The molecule has 1 aliphatic heterocycles. The third-order valence-corrected chi connectivity index (χ3v) is 5.67. The number of hydrogen-bond donors (Lipinski definition) is 0. The number of furan rings is 1. The molecule has 0 N–H and O–H groups in total. The maximum Gasteiger partial charge on any atom is 0.374 e. The summed E-state index contributed by atoms with van der Waals surface area (Å²) in [5.41, 5.74) is 2.75. The molecule has 1 aliphatic rings. The van der Waals surface area contributed by atoms with Crippen LogP contribution in [0.2, 0.25) is 5.02 Å². The van der Waals surface area contributed by atoms with Crippen LogP contribution < -0.4 is 9.47 Å². The zero-order valence-corrected chi connectivity index (χ0v) is 18.5. The Labute approximate surface area is 190 Å². The van der Waals surface area contributed by atoms with Gasteiger partial charge in [0, 0.05) is 18.7 Å². The van der Waals surface area contributed by atoms with E-state index in [0.29, 0.717) is 47.4 Å². The van der Waals surface area contributed by atoms with Crippen molar-refractivity contribution < 1.29 is 28.2 Å². The van der Waals surface area contributed by atoms with Gasteiger partial charge >= 0.3 is 5.97 Å². The summed E-state index contributed by atoms with van der Waals surface area (Å²) >= 11 is 6.17. The van der Waals surface area contributed by atoms with Crippen molar-refractivity contribution >= 4 is 23.5 Å². The second-order valence-electron chi connectivity index (χ2n) is 7.26. The van der Waals surface area contributed by atoms with Crippen molar-refractivity contribution in [2.24, 2.45) is 0 Å². The van der Waals surface area contributed by atoms with Gasteiger partial charge in [-0.2, -0.15) is 0 Å². The number of methoxy groups -OCH3 is 2. The van der Waals surface area contributed by atoms with Crippen LogP contribution in [0.3, 0.4) is 0 Å². The number of rotatable bonds is 6. The summed E-state index contributed by atoms with van der Waals surface area (Å²) in [5, 5.41) is 0.511. The molecule has 32 heavy (non-hydrogen) atoms. The van der Waals surface area contributed by atoms with Crippen molar-refractivity contribution in [3.8, 4) is 22.8 Å². The minimum Gasteiger partial charge on any atom is -0.493 e. The molecule has 0 spiro atoms. The number of benzene rings is 2. The molecular weight excluding hydrogens is 434 g/mol. The van der Waals surface area contributed by atoms with Crippen molar-refractivity contribution in [2.75, 3.05) is 27.4 Å². The lowest BCUT2D eigenvalue weighted by Gasteiger charge is -2.29. The van der Waals surface area contributed by atoms with Crippen LogP contribution in [0.1, 0.15) is 21.7 Å². The van der Waals surface area contributed by atoms with Gasteiger partial charge in [0.15, 0.2) is 18.1 Å². The third kappa shape index (κ3) is 4.43. The molecule has 7 nitrogen and oxygen atoms in total. The summed E-state index contributed by atoms with van der Waals surface area (Å²) in [6, 6.07) is 14.1. The standard InChI is InChI=1S/C24H22ClNO6/c1-29-21-11-15-9-10-26(13-16(15)12-22(21)30-2)23(27)14-31-24(28)20-8-7-19(32-20)17-5-3-4-6-18(17)25/h3-8,11-12H,9-10,13-14H2,1-2H3. The van der Waals surface area contributed by atoms with Gasteiger partial charge in [0.1, 0.15) is 5.76 Å². The first kappa shape index (κ1) is 21.8. The number of nitrogens with zero attached hydrogens (tertiary/aromatic N) is 1. The quantitative estimate of drug-likeness (QED) is 0.514. The molecule has 0 bridgehead atoms. The molecule has 166 valence electrons. The van der Waals surface area contributed by atoms with Gasteiger partial charge in [-0.05, 0) is 53.9 Å². The maximum atomic E-state index is 12.6. The van der Waals surface area contributed by atoms with E-state index in [2.05, 4.69) is 0 Å². The number of esters is 1. The van der Waals surface area contributed by atoms with Gasteiger partial charge < -0.3 is 23.5 Å². The van der Waals surface area contributed by atoms with Crippen molar-refractivity contribution in [3.05, 3.63) is 70.4 Å². The molecule has 2 aromatic carbocycles. The molecule has 0 saturated carbocycles. The van der Waals surface area contributed by atoms with Crippen LogP contribution in [0.4, 0.5) is 0 Å². The van der Waals surface area contributed by atoms with Crippen LogP contribution in [0, 0.1) is 0 Å². The fourth-order valence-electron chi connectivity index (χ4n) is 3.64. The van der Waals surface area contributed by atoms with Gasteiger partial charge in [-0.25, -0.2) is 4.79 Å². The maximum absolute atomic E-state index is 12.6. The Hall–Kier alpha value is -3.45. The van der Waals surface area contributed by atoms with E-state index in [1.807, 2.05) is 18.2 Å². The van der Waals surface area contributed by atoms with Crippen LogP contribution in [-0.4, -0.2) is 44.1 Å². The Bertz CT molecular complexity index is 1160. The molecule has 0 radical (unpaired) electrons. The molecule has 0 saturated heterocycles. The Morgan fingerprint density at radius 2 is 1.75 bits per heavy atom. The average molecular weight is 456 g/mol. The Morgan fingerprint density at radius 1 is 1.03 bits per heavy atom. The summed E-state index contributed by atoms with van der Waals surface area (Å²) in [6.45, 7) is 0.559. The number of ether oxygens (including phenoxy) is 3. The van der Waals surface area contributed by atoms with Crippen LogP contribution >= 0.6 is 11.6 Å². The Balaban J connectivity index is 1.37. The molecule has 4 rings (SSSR count). The fraction of sp³-hybridized carbons (Fsp3) is 0.250. The fourth-order valence-corrected chi connectivity index (χ4v) is 3.87. The number of hydrogen-bond acceptors (Lipinski definition) is 6. The van der Waals surface area contributed by atoms with Gasteiger partial charge in [-0.15, -0.1) is 0 Å². The first-order valence-corrected chi connectivity index (χ1v) is 10.4. The lowest BCUT2D eigenvalue weighted by Crippen LogP contribution is -2.38. The topological polar surface area (TPSA) is 78.2 Å². The van der Waals surface area contributed by atoms with Gasteiger partial charge in [0.2, 0.25) is 5.76 Å². The van der Waals surface area contributed by atoms with Gasteiger partial charge in [-0.3, -0.25) is 4.79 Å². The van der Waals surface area contributed by atoms with E-state index in [-0.39, 0.29) is 18.3 Å². The van der Waals surface area contributed by atoms with Gasteiger partial charge in [0.05, 0.1) is 19.2 Å². The summed E-state index contributed by atoms with van der Waals surface area (Å²) < 4.78 is 21.5. The van der Waals surface area contributed by atoms with Crippen molar-refractivity contribution in [1.82, 2.24) is 4.90 Å². The van der Waals surface area contributed by atoms with E-state index in [1.165, 1.54) is 6.07 Å². The van der Waals surface area contributed by atoms with E-state index in [4.69, 9.17) is 30.2 Å². The Morgan fingerprint density at radius 3 is 2.47 bits per heavy atom. The number of carbonyl (C=O) groups excluding carboxylic acids is 2. The largest absolute Gasteiger partial charge is 0.493 e. The van der Waals surface area contributed by atoms with Gasteiger partial charge in [-0.1, -0.05) is 23.7 Å². The zero-order chi connectivity index (χ0) is 22.7. The lowest BCUT2D eigenvalue weighted by atomic mass is 9.99. The van der Waals surface area contributed by atoms with Crippen LogP contribution in [-0.2, 0) is 22.5 Å². The summed E-state index contributed by atoms with van der Waals surface area (Å²) in [4.78, 5) is 26.7. The van der Waals surface area contributed by atoms with Crippen molar-refractivity contribution in [2.45, 2.75) is 13.0 Å². The normalized spacial score (nSPS) is 12.8. The predicted molar refractivity (Wildman–Crippen MR) is 118 cm³/mol. The number of halogens is 1. The van der Waals surface area contributed by atoms with E-state index in [0.717, 1.165) is 11.1 Å². The molecule has 8 heteroatoms. The molecule has 2 heterocycles. The highest BCUT2D eigenvalue weighted by molar-refractivity contribution is 6.33. The first-order chi connectivity index (χ1) is 15.5. The molecule has 0 atom stereocenters.